The average Bonchev–Trinajstić information content (AvgIpc) is 3.00. The Morgan fingerprint density at radius 3 is 2.69 bits per heavy atom. The van der Waals surface area contributed by atoms with E-state index in [0.717, 1.165) is 5.56 Å². The number of aliphatic imine (C=N–C) groups is 1. The number of carbonyl (C=O) groups excluding carboxylic acids is 1. The second kappa shape index (κ2) is 7.58. The molecule has 0 radical (unpaired) electrons. The van der Waals surface area contributed by atoms with Crippen LogP contribution in [0.3, 0.4) is 0 Å². The number of benzene rings is 1. The van der Waals surface area contributed by atoms with Gasteiger partial charge in [0.1, 0.15) is 0 Å². The van der Waals surface area contributed by atoms with Crippen molar-refractivity contribution in [2.45, 2.75) is 30.7 Å². The lowest BCUT2D eigenvalue weighted by atomic mass is 10.1. The van der Waals surface area contributed by atoms with Crippen molar-refractivity contribution >= 4 is 50.2 Å². The highest BCUT2D eigenvalue weighted by Gasteiger charge is 2.48. The van der Waals surface area contributed by atoms with E-state index in [2.05, 4.69) is 4.99 Å². The molecule has 3 rings (SSSR count). The normalized spacial score (nSPS) is 25.4. The molecular formula is C16H17ClN2O5S2. The van der Waals surface area contributed by atoms with E-state index >= 15 is 0 Å². The molecule has 0 aromatic heterocycles. The number of hydrogen-bond donors (Lipinski definition) is 1. The highest BCUT2D eigenvalue weighted by molar-refractivity contribution is 8.15. The van der Waals surface area contributed by atoms with Gasteiger partial charge in [-0.15, -0.1) is 0 Å². The largest absolute Gasteiger partial charge is 0.481 e. The third-order valence-corrected chi connectivity index (χ3v) is 7.86. The van der Waals surface area contributed by atoms with Gasteiger partial charge >= 0.3 is 5.97 Å². The molecule has 1 amide bonds. The van der Waals surface area contributed by atoms with Crippen LogP contribution in [0, 0.1) is 0 Å². The van der Waals surface area contributed by atoms with Gasteiger partial charge in [-0.2, -0.15) is 4.99 Å². The number of sulfone groups is 1. The Labute approximate surface area is 160 Å². The van der Waals surface area contributed by atoms with Crippen LogP contribution in [0.15, 0.2) is 29.3 Å². The van der Waals surface area contributed by atoms with Crippen LogP contribution >= 0.6 is 23.4 Å². The van der Waals surface area contributed by atoms with Crippen LogP contribution in [0.1, 0.15) is 18.4 Å². The molecule has 0 saturated carbocycles. The number of nitrogens with zero attached hydrogens (tertiary/aromatic N) is 2. The summed E-state index contributed by atoms with van der Waals surface area (Å²) in [6, 6.07) is 6.96. The van der Waals surface area contributed by atoms with Gasteiger partial charge in [0.05, 0.1) is 24.0 Å². The van der Waals surface area contributed by atoms with Crippen LogP contribution in [0.5, 0.6) is 0 Å². The van der Waals surface area contributed by atoms with Crippen molar-refractivity contribution in [3.63, 3.8) is 0 Å². The predicted octanol–water partition coefficient (Wildman–Crippen LogP) is 1.80. The minimum atomic E-state index is -3.13. The Bertz CT molecular complexity index is 871. The molecule has 1 aromatic rings. The maximum atomic E-state index is 12.0. The molecule has 2 saturated heterocycles. The van der Waals surface area contributed by atoms with E-state index in [1.54, 1.807) is 17.0 Å². The zero-order chi connectivity index (χ0) is 18.9. The van der Waals surface area contributed by atoms with Crippen LogP contribution in [-0.2, 0) is 26.0 Å². The molecule has 0 spiro atoms. The van der Waals surface area contributed by atoms with Crippen LogP contribution in [-0.4, -0.2) is 58.3 Å². The maximum Gasteiger partial charge on any atom is 0.303 e. The molecule has 2 aliphatic heterocycles. The van der Waals surface area contributed by atoms with E-state index in [9.17, 15) is 18.0 Å². The van der Waals surface area contributed by atoms with Crippen LogP contribution in [0.2, 0.25) is 5.02 Å². The number of amides is 1. The van der Waals surface area contributed by atoms with Crippen LogP contribution in [0.25, 0.3) is 0 Å². The van der Waals surface area contributed by atoms with Gasteiger partial charge in [0, 0.05) is 23.2 Å². The van der Waals surface area contributed by atoms with Crippen molar-refractivity contribution in [2.24, 2.45) is 4.99 Å². The molecule has 0 aliphatic carbocycles. The number of hydrogen-bond acceptors (Lipinski definition) is 5. The third kappa shape index (κ3) is 4.39. The molecular weight excluding hydrogens is 400 g/mol. The Hall–Kier alpha value is -1.58. The van der Waals surface area contributed by atoms with Crippen molar-refractivity contribution < 1.29 is 23.1 Å². The van der Waals surface area contributed by atoms with E-state index in [-0.39, 0.29) is 35.6 Å². The fraction of sp³-hybridized carbons (Fsp3) is 0.438. The second-order valence-electron chi connectivity index (χ2n) is 6.20. The van der Waals surface area contributed by atoms with Crippen molar-refractivity contribution in [1.82, 2.24) is 4.90 Å². The van der Waals surface area contributed by atoms with Crippen molar-refractivity contribution in [1.29, 1.82) is 0 Å². The van der Waals surface area contributed by atoms with Crippen molar-refractivity contribution in [3.05, 3.63) is 34.9 Å². The number of aliphatic carboxylic acids is 1. The van der Waals surface area contributed by atoms with Crippen LogP contribution in [0.4, 0.5) is 0 Å². The zero-order valence-electron chi connectivity index (χ0n) is 13.7. The molecule has 1 N–H and O–H groups in total. The average molecular weight is 417 g/mol. The first-order valence-corrected chi connectivity index (χ1v) is 11.0. The van der Waals surface area contributed by atoms with Gasteiger partial charge in [0.2, 0.25) is 5.91 Å². The summed E-state index contributed by atoms with van der Waals surface area (Å²) in [6.45, 7) is 0.342. The Morgan fingerprint density at radius 2 is 2.00 bits per heavy atom. The summed E-state index contributed by atoms with van der Waals surface area (Å²) < 4.78 is 24.0. The smallest absolute Gasteiger partial charge is 0.303 e. The van der Waals surface area contributed by atoms with E-state index in [0.29, 0.717) is 16.7 Å². The van der Waals surface area contributed by atoms with Gasteiger partial charge in [-0.25, -0.2) is 8.42 Å². The minimum Gasteiger partial charge on any atom is -0.481 e. The topological polar surface area (TPSA) is 104 Å². The number of amidine groups is 1. The number of carboxylic acid groups (broad SMARTS) is 1. The van der Waals surface area contributed by atoms with E-state index in [1.165, 1.54) is 11.8 Å². The van der Waals surface area contributed by atoms with Gasteiger partial charge in [-0.05, 0) is 11.6 Å². The Balaban J connectivity index is 1.85. The van der Waals surface area contributed by atoms with Gasteiger partial charge in [-0.3, -0.25) is 9.59 Å². The number of fused-ring (bicyclic) bond motifs is 1. The molecule has 2 heterocycles. The molecule has 2 unspecified atom stereocenters. The molecule has 140 valence electrons. The molecule has 1 aromatic carbocycles. The van der Waals surface area contributed by atoms with Crippen molar-refractivity contribution in [2.75, 3.05) is 11.5 Å². The summed E-state index contributed by atoms with van der Waals surface area (Å²) in [4.78, 5) is 28.5. The van der Waals surface area contributed by atoms with Gasteiger partial charge in [-0.1, -0.05) is 41.6 Å². The van der Waals surface area contributed by atoms with Crippen molar-refractivity contribution in [3.8, 4) is 0 Å². The summed E-state index contributed by atoms with van der Waals surface area (Å²) in [5.41, 5.74) is 0.811. The fourth-order valence-electron chi connectivity index (χ4n) is 3.01. The number of rotatable bonds is 5. The van der Waals surface area contributed by atoms with E-state index in [4.69, 9.17) is 16.7 Å². The Kier molecular flexibility index (Phi) is 5.59. The molecule has 10 heteroatoms. The molecule has 2 aliphatic rings. The standard InChI is InChI=1S/C16H17ClN2O5S2/c17-11-4-2-1-3-10(11)7-19-12-8-26(23,24)9-13(12)25-16(19)18-14(20)5-6-15(21)22/h1-4,12-13H,5-9H2,(H,21,22). The number of thioether (sulfide) groups is 1. The lowest BCUT2D eigenvalue weighted by Crippen LogP contribution is -2.37. The third-order valence-electron chi connectivity index (χ3n) is 4.25. The first-order valence-electron chi connectivity index (χ1n) is 7.95. The summed E-state index contributed by atoms with van der Waals surface area (Å²) >= 11 is 7.48. The van der Waals surface area contributed by atoms with E-state index in [1.807, 2.05) is 12.1 Å². The summed E-state index contributed by atoms with van der Waals surface area (Å²) in [5, 5.41) is 9.49. The molecule has 2 fully saturated rings. The zero-order valence-corrected chi connectivity index (χ0v) is 16.1. The van der Waals surface area contributed by atoms with E-state index < -0.39 is 21.7 Å². The monoisotopic (exact) mass is 416 g/mol. The van der Waals surface area contributed by atoms with Gasteiger partial charge in [0.25, 0.3) is 0 Å². The highest BCUT2D eigenvalue weighted by atomic mass is 35.5. The number of halogens is 1. The predicted molar refractivity (Wildman–Crippen MR) is 100 cm³/mol. The fourth-order valence-corrected chi connectivity index (χ4v) is 7.17. The van der Waals surface area contributed by atoms with Crippen LogP contribution < -0.4 is 0 Å². The first-order chi connectivity index (χ1) is 12.2. The van der Waals surface area contributed by atoms with Gasteiger partial charge in [0.15, 0.2) is 15.0 Å². The number of carboxylic acids is 1. The lowest BCUT2D eigenvalue weighted by molar-refractivity contribution is -0.138. The quantitative estimate of drug-likeness (QED) is 0.780. The summed E-state index contributed by atoms with van der Waals surface area (Å²) in [7, 11) is -3.13. The molecule has 2 atom stereocenters. The van der Waals surface area contributed by atoms with Gasteiger partial charge < -0.3 is 10.0 Å². The minimum absolute atomic E-state index is 0.0114. The molecule has 0 bridgehead atoms. The SMILES string of the molecule is O=C(O)CCC(=O)N=C1SC2CS(=O)(=O)CC2N1Cc1ccccc1Cl. The highest BCUT2D eigenvalue weighted by Crippen LogP contribution is 2.39. The summed E-state index contributed by atoms with van der Waals surface area (Å²) in [6.07, 6.45) is -0.473. The first kappa shape index (κ1) is 19.2. The molecule has 26 heavy (non-hydrogen) atoms. The maximum absolute atomic E-state index is 12.0. The second-order valence-corrected chi connectivity index (χ2v) is 9.97. The lowest BCUT2D eigenvalue weighted by Gasteiger charge is -2.24. The molecule has 7 nitrogen and oxygen atoms in total. The number of carbonyl (C=O) groups is 2. The Morgan fingerprint density at radius 1 is 1.27 bits per heavy atom. The summed E-state index contributed by atoms with van der Waals surface area (Å²) in [5.74, 6) is -1.53.